The fourth-order valence-electron chi connectivity index (χ4n) is 1.56. The number of nitrogens with zero attached hydrogens (tertiary/aromatic N) is 1. The molecule has 0 spiro atoms. The van der Waals surface area contributed by atoms with Crippen LogP contribution in [0.2, 0.25) is 0 Å². The van der Waals surface area contributed by atoms with E-state index in [1.165, 1.54) is 13.0 Å². The molecule has 0 atom stereocenters. The Morgan fingerprint density at radius 3 is 2.69 bits per heavy atom. The summed E-state index contributed by atoms with van der Waals surface area (Å²) in [7, 11) is 1.85. The molecule has 0 aliphatic heterocycles. The number of benzene rings is 1. The Morgan fingerprint density at radius 1 is 1.56 bits per heavy atom. The van der Waals surface area contributed by atoms with Crippen LogP contribution in [0.5, 0.6) is 0 Å². The lowest BCUT2D eigenvalue weighted by molar-refractivity contribution is 0.101. The van der Waals surface area contributed by atoms with Crippen LogP contribution in [-0.4, -0.2) is 19.4 Å². The van der Waals surface area contributed by atoms with E-state index in [2.05, 4.69) is 6.58 Å². The lowest BCUT2D eigenvalue weighted by atomic mass is 10.1. The Hall–Kier alpha value is -1.64. The molecule has 1 rings (SSSR count). The fraction of sp³-hybridized carbons (Fsp3) is 0.308. The summed E-state index contributed by atoms with van der Waals surface area (Å²) >= 11 is 0. The van der Waals surface area contributed by atoms with Crippen LogP contribution in [0, 0.1) is 12.7 Å². The van der Waals surface area contributed by atoms with Gasteiger partial charge in [0, 0.05) is 24.8 Å². The van der Waals surface area contributed by atoms with E-state index in [9.17, 15) is 9.18 Å². The zero-order valence-corrected chi connectivity index (χ0v) is 9.88. The maximum Gasteiger partial charge on any atom is 0.161 e. The van der Waals surface area contributed by atoms with Crippen molar-refractivity contribution in [1.29, 1.82) is 0 Å². The molecule has 1 aromatic rings. The number of halogens is 1. The minimum absolute atomic E-state index is 0.134. The average Bonchev–Trinajstić information content (AvgIpc) is 2.21. The zero-order chi connectivity index (χ0) is 12.3. The number of aryl methyl sites for hydroxylation is 1. The summed E-state index contributed by atoms with van der Waals surface area (Å²) in [4.78, 5) is 13.3. The van der Waals surface area contributed by atoms with Crippen LogP contribution in [0.25, 0.3) is 0 Å². The molecule has 16 heavy (non-hydrogen) atoms. The number of rotatable bonds is 4. The molecule has 0 saturated carbocycles. The molecule has 0 heterocycles. The van der Waals surface area contributed by atoms with E-state index in [4.69, 9.17) is 0 Å². The molecule has 1 aromatic carbocycles. The normalized spacial score (nSPS) is 10.0. The topological polar surface area (TPSA) is 20.3 Å². The minimum Gasteiger partial charge on any atom is -0.370 e. The largest absolute Gasteiger partial charge is 0.370 e. The van der Waals surface area contributed by atoms with E-state index in [-0.39, 0.29) is 11.6 Å². The van der Waals surface area contributed by atoms with Gasteiger partial charge in [-0.2, -0.15) is 0 Å². The highest BCUT2D eigenvalue weighted by molar-refractivity contribution is 5.99. The van der Waals surface area contributed by atoms with Gasteiger partial charge in [0.1, 0.15) is 5.82 Å². The number of Topliss-reactive ketones (excluding diaryl/α,β-unsaturated/α-hetero) is 1. The van der Waals surface area contributed by atoms with Gasteiger partial charge in [-0.1, -0.05) is 6.08 Å². The average molecular weight is 221 g/mol. The number of ketones is 1. The lowest BCUT2D eigenvalue weighted by Gasteiger charge is -2.20. The van der Waals surface area contributed by atoms with Crippen LogP contribution in [0.4, 0.5) is 10.1 Å². The molecular formula is C13H16FNO. The van der Waals surface area contributed by atoms with Gasteiger partial charge in [0.25, 0.3) is 0 Å². The van der Waals surface area contributed by atoms with Crippen LogP contribution >= 0.6 is 0 Å². The van der Waals surface area contributed by atoms with Gasteiger partial charge in [0.2, 0.25) is 0 Å². The molecule has 0 aromatic heterocycles. The van der Waals surface area contributed by atoms with Crippen molar-refractivity contribution in [3.05, 3.63) is 41.7 Å². The highest BCUT2D eigenvalue weighted by Crippen LogP contribution is 2.24. The summed E-state index contributed by atoms with van der Waals surface area (Å²) in [6.45, 7) is 7.38. The molecule has 2 nitrogen and oxygen atoms in total. The van der Waals surface area contributed by atoms with Gasteiger partial charge in [-0.05, 0) is 31.5 Å². The number of carbonyl (C=O) groups excluding carboxylic acids is 1. The predicted molar refractivity (Wildman–Crippen MR) is 64.6 cm³/mol. The second-order valence-corrected chi connectivity index (χ2v) is 3.84. The van der Waals surface area contributed by atoms with Crippen molar-refractivity contribution < 1.29 is 9.18 Å². The minimum atomic E-state index is -0.346. The van der Waals surface area contributed by atoms with Crippen LogP contribution in [-0.2, 0) is 0 Å². The molecule has 0 aliphatic rings. The highest BCUT2D eigenvalue weighted by Gasteiger charge is 2.13. The summed E-state index contributed by atoms with van der Waals surface area (Å²) in [5, 5.41) is 0. The van der Waals surface area contributed by atoms with E-state index in [1.54, 1.807) is 19.1 Å². The van der Waals surface area contributed by atoms with Gasteiger partial charge < -0.3 is 4.90 Å². The number of hydrogen-bond acceptors (Lipinski definition) is 2. The smallest absolute Gasteiger partial charge is 0.161 e. The SMILES string of the molecule is C=CCN(C)c1cc(C)c(F)cc1C(C)=O. The standard InChI is InChI=1S/C13H16FNO/c1-5-6-15(4)13-7-9(2)12(14)8-11(13)10(3)16/h5,7-8H,1,6H2,2-4H3. The maximum atomic E-state index is 13.4. The first-order valence-corrected chi connectivity index (χ1v) is 5.10. The Kier molecular flexibility index (Phi) is 3.82. The Balaban J connectivity index is 3.29. The van der Waals surface area contributed by atoms with Crippen molar-refractivity contribution in [3.63, 3.8) is 0 Å². The highest BCUT2D eigenvalue weighted by atomic mass is 19.1. The van der Waals surface area contributed by atoms with E-state index in [0.29, 0.717) is 17.7 Å². The molecule has 3 heteroatoms. The summed E-state index contributed by atoms with van der Waals surface area (Å²) in [5.74, 6) is -0.481. The van der Waals surface area contributed by atoms with Crippen LogP contribution < -0.4 is 4.90 Å². The Labute approximate surface area is 95.4 Å². The number of likely N-dealkylation sites (N-methyl/N-ethyl adjacent to an activating group) is 1. The summed E-state index contributed by atoms with van der Waals surface area (Å²) in [6, 6.07) is 2.99. The zero-order valence-electron chi connectivity index (χ0n) is 9.88. The van der Waals surface area contributed by atoms with Crippen LogP contribution in [0.3, 0.4) is 0 Å². The van der Waals surface area contributed by atoms with Gasteiger partial charge in [0.15, 0.2) is 5.78 Å². The van der Waals surface area contributed by atoms with Crippen molar-refractivity contribution in [2.45, 2.75) is 13.8 Å². The van der Waals surface area contributed by atoms with E-state index < -0.39 is 0 Å². The number of carbonyl (C=O) groups is 1. The lowest BCUT2D eigenvalue weighted by Crippen LogP contribution is -2.19. The molecule has 0 N–H and O–H groups in total. The van der Waals surface area contributed by atoms with E-state index in [1.807, 2.05) is 11.9 Å². The van der Waals surface area contributed by atoms with Crippen LogP contribution in [0.1, 0.15) is 22.8 Å². The third-order valence-electron chi connectivity index (χ3n) is 2.47. The van der Waals surface area contributed by atoms with E-state index in [0.717, 1.165) is 5.69 Å². The molecule has 0 fully saturated rings. The van der Waals surface area contributed by atoms with Crippen molar-refractivity contribution in [2.24, 2.45) is 0 Å². The number of anilines is 1. The molecule has 0 saturated heterocycles. The quantitative estimate of drug-likeness (QED) is 0.575. The Bertz CT molecular complexity index is 426. The van der Waals surface area contributed by atoms with Gasteiger partial charge in [-0.3, -0.25) is 4.79 Å². The molecule has 0 unspecified atom stereocenters. The van der Waals surface area contributed by atoms with Gasteiger partial charge in [0.05, 0.1) is 0 Å². The summed E-state index contributed by atoms with van der Waals surface area (Å²) < 4.78 is 13.4. The molecule has 0 amide bonds. The predicted octanol–water partition coefficient (Wildman–Crippen LogP) is 2.96. The summed E-state index contributed by atoms with van der Waals surface area (Å²) in [5.41, 5.74) is 1.69. The molecular weight excluding hydrogens is 205 g/mol. The van der Waals surface area contributed by atoms with E-state index >= 15 is 0 Å². The van der Waals surface area contributed by atoms with Gasteiger partial charge >= 0.3 is 0 Å². The van der Waals surface area contributed by atoms with Gasteiger partial charge in [-0.25, -0.2) is 4.39 Å². The Morgan fingerprint density at radius 2 is 2.19 bits per heavy atom. The summed E-state index contributed by atoms with van der Waals surface area (Å²) in [6.07, 6.45) is 1.74. The monoisotopic (exact) mass is 221 g/mol. The van der Waals surface area contributed by atoms with Crippen molar-refractivity contribution >= 4 is 11.5 Å². The second-order valence-electron chi connectivity index (χ2n) is 3.84. The second kappa shape index (κ2) is 4.92. The molecule has 0 bridgehead atoms. The van der Waals surface area contributed by atoms with Crippen LogP contribution in [0.15, 0.2) is 24.8 Å². The van der Waals surface area contributed by atoms with Crippen molar-refractivity contribution in [2.75, 3.05) is 18.5 Å². The third kappa shape index (κ3) is 2.48. The van der Waals surface area contributed by atoms with Gasteiger partial charge in [-0.15, -0.1) is 6.58 Å². The fourth-order valence-corrected chi connectivity index (χ4v) is 1.56. The number of hydrogen-bond donors (Lipinski definition) is 0. The molecule has 0 radical (unpaired) electrons. The first kappa shape index (κ1) is 12.4. The molecule has 86 valence electrons. The first-order valence-electron chi connectivity index (χ1n) is 5.10. The first-order chi connectivity index (χ1) is 7.47. The third-order valence-corrected chi connectivity index (χ3v) is 2.47. The maximum absolute atomic E-state index is 13.4. The van der Waals surface area contributed by atoms with Crippen molar-refractivity contribution in [3.8, 4) is 0 Å². The van der Waals surface area contributed by atoms with Crippen molar-refractivity contribution in [1.82, 2.24) is 0 Å². The molecule has 0 aliphatic carbocycles.